The summed E-state index contributed by atoms with van der Waals surface area (Å²) < 4.78 is 0. The predicted molar refractivity (Wildman–Crippen MR) is 35.4 cm³/mol. The Morgan fingerprint density at radius 3 is 2.00 bits per heavy atom. The Bertz CT molecular complexity index is 18.3. The summed E-state index contributed by atoms with van der Waals surface area (Å²) >= 11 is 0. The Hall–Kier alpha value is 2.03. The first kappa shape index (κ1) is 10.9. The van der Waals surface area contributed by atoms with Crippen molar-refractivity contribution in [2.45, 2.75) is 6.42 Å². The number of hydrogen-bond acceptors (Lipinski definition) is 1. The summed E-state index contributed by atoms with van der Waals surface area (Å²) in [6.45, 7) is 0.823. The van der Waals surface area contributed by atoms with Gasteiger partial charge in [0, 0.05) is 0 Å². The summed E-state index contributed by atoms with van der Waals surface area (Å²) in [6.07, 6.45) is 2.27. The molecule has 0 spiro atoms. The molecule has 0 fully saturated rings. The number of hydrogen-bond donors (Lipinski definition) is 1. The SMILES string of the molecule is NCCCP.[KH]. The van der Waals surface area contributed by atoms with Gasteiger partial charge in [0.05, 0.1) is 0 Å². The maximum absolute atomic E-state index is 5.13. The number of nitrogens with two attached hydrogens (primary N) is 1. The van der Waals surface area contributed by atoms with E-state index in [0.29, 0.717) is 0 Å². The van der Waals surface area contributed by atoms with Gasteiger partial charge in [-0.1, -0.05) is 0 Å². The quantitative estimate of drug-likeness (QED) is 0.399. The molecule has 0 aromatic rings. The van der Waals surface area contributed by atoms with Crippen molar-refractivity contribution in [1.82, 2.24) is 0 Å². The first-order chi connectivity index (χ1) is 2.41. The van der Waals surface area contributed by atoms with Gasteiger partial charge in [-0.3, -0.25) is 0 Å². The number of rotatable bonds is 2. The fraction of sp³-hybridized carbons (Fsp3) is 1.00. The summed E-state index contributed by atoms with van der Waals surface area (Å²) in [7, 11) is 2.62. The van der Waals surface area contributed by atoms with Crippen molar-refractivity contribution in [1.29, 1.82) is 0 Å². The third-order valence-electron chi connectivity index (χ3n) is 0.408. The minimum atomic E-state index is 0. The van der Waals surface area contributed by atoms with Crippen LogP contribution in [0, 0.1) is 0 Å². The molecule has 0 heterocycles. The van der Waals surface area contributed by atoms with Crippen molar-refractivity contribution in [3.63, 3.8) is 0 Å². The molecular weight excluding hydrogens is 120 g/mol. The van der Waals surface area contributed by atoms with E-state index in [1.54, 1.807) is 0 Å². The summed E-state index contributed by atoms with van der Waals surface area (Å²) in [5.41, 5.74) is 5.13. The second kappa shape index (κ2) is 10.1. The van der Waals surface area contributed by atoms with Crippen LogP contribution in [0.25, 0.3) is 0 Å². The van der Waals surface area contributed by atoms with E-state index in [-0.39, 0.29) is 51.4 Å². The van der Waals surface area contributed by atoms with Crippen LogP contribution in [0.3, 0.4) is 0 Å². The van der Waals surface area contributed by atoms with Crippen LogP contribution in [0.15, 0.2) is 0 Å². The van der Waals surface area contributed by atoms with Crippen LogP contribution < -0.4 is 5.73 Å². The third kappa shape index (κ3) is 9.39. The van der Waals surface area contributed by atoms with E-state index < -0.39 is 0 Å². The average molecular weight is 131 g/mol. The molecule has 1 nitrogen and oxygen atoms in total. The molecule has 2 N–H and O–H groups in total. The Morgan fingerprint density at radius 1 is 1.50 bits per heavy atom. The molecule has 1 unspecified atom stereocenters. The van der Waals surface area contributed by atoms with Gasteiger partial charge in [0.1, 0.15) is 0 Å². The van der Waals surface area contributed by atoms with Gasteiger partial charge in [0.2, 0.25) is 0 Å². The van der Waals surface area contributed by atoms with Gasteiger partial charge in [-0.25, -0.2) is 0 Å². The topological polar surface area (TPSA) is 26.0 Å². The third-order valence-corrected chi connectivity index (χ3v) is 0.816. The Balaban J connectivity index is 0. The van der Waals surface area contributed by atoms with E-state index in [1.165, 1.54) is 0 Å². The first-order valence-electron chi connectivity index (χ1n) is 1.82. The summed E-state index contributed by atoms with van der Waals surface area (Å²) in [4.78, 5) is 0. The predicted octanol–water partition coefficient (Wildman–Crippen LogP) is -0.438. The zero-order valence-electron chi connectivity index (χ0n) is 3.28. The standard InChI is InChI=1S/C3H10NP.K.H/c4-2-1-3-5;;/h1-5H2;;. The Morgan fingerprint density at radius 2 is 2.00 bits per heavy atom. The molecule has 3 heteroatoms. The van der Waals surface area contributed by atoms with Crippen LogP contribution >= 0.6 is 9.24 Å². The molecule has 0 aliphatic rings. The van der Waals surface area contributed by atoms with Crippen molar-refractivity contribution in [3.05, 3.63) is 0 Å². The average Bonchev–Trinajstić information content (AvgIpc) is 1.41. The molecule has 0 aromatic heterocycles. The van der Waals surface area contributed by atoms with E-state index in [1.807, 2.05) is 0 Å². The normalized spacial score (nSPS) is 7.00. The van der Waals surface area contributed by atoms with Crippen LogP contribution in [0.1, 0.15) is 6.42 Å². The van der Waals surface area contributed by atoms with E-state index in [0.717, 1.165) is 19.1 Å². The molecule has 0 rings (SSSR count). The van der Waals surface area contributed by atoms with E-state index in [2.05, 4.69) is 9.24 Å². The van der Waals surface area contributed by atoms with Crippen molar-refractivity contribution < 1.29 is 0 Å². The van der Waals surface area contributed by atoms with Gasteiger partial charge in [-0.15, -0.1) is 9.24 Å². The monoisotopic (exact) mass is 131 g/mol. The second-order valence-corrected chi connectivity index (χ2v) is 1.51. The van der Waals surface area contributed by atoms with E-state index in [9.17, 15) is 0 Å². The summed E-state index contributed by atoms with van der Waals surface area (Å²) in [6, 6.07) is 0. The maximum atomic E-state index is 5.13. The van der Waals surface area contributed by atoms with Gasteiger partial charge >= 0.3 is 51.4 Å². The van der Waals surface area contributed by atoms with Crippen LogP contribution in [0.2, 0.25) is 0 Å². The van der Waals surface area contributed by atoms with Crippen molar-refractivity contribution in [2.24, 2.45) is 5.73 Å². The molecule has 0 saturated heterocycles. The zero-order valence-corrected chi connectivity index (χ0v) is 4.43. The molecule has 0 amide bonds. The molecule has 0 radical (unpaired) electrons. The minimum absolute atomic E-state index is 0. The van der Waals surface area contributed by atoms with Crippen molar-refractivity contribution in [2.75, 3.05) is 12.7 Å². The fourth-order valence-electron chi connectivity index (χ4n) is 0.118. The van der Waals surface area contributed by atoms with Crippen molar-refractivity contribution in [3.8, 4) is 0 Å². The molecule has 0 aliphatic heterocycles. The van der Waals surface area contributed by atoms with Crippen LogP contribution in [-0.2, 0) is 0 Å². The molecule has 0 aromatic carbocycles. The molecule has 0 aliphatic carbocycles. The Labute approximate surface area is 84.1 Å². The van der Waals surface area contributed by atoms with Crippen molar-refractivity contribution >= 4 is 60.6 Å². The molecule has 1 atom stereocenters. The first-order valence-corrected chi connectivity index (χ1v) is 2.63. The molecular formula is C3H11KNP. The molecule has 0 saturated carbocycles. The van der Waals surface area contributed by atoms with Gasteiger partial charge < -0.3 is 5.73 Å². The zero-order chi connectivity index (χ0) is 4.12. The van der Waals surface area contributed by atoms with Gasteiger partial charge in [0.15, 0.2) is 0 Å². The molecule has 34 valence electrons. The van der Waals surface area contributed by atoms with Crippen LogP contribution in [-0.4, -0.2) is 64.1 Å². The second-order valence-electron chi connectivity index (χ2n) is 0.931. The Kier molecular flexibility index (Phi) is 18.4. The summed E-state index contributed by atoms with van der Waals surface area (Å²) in [5, 5.41) is 0. The van der Waals surface area contributed by atoms with E-state index in [4.69, 9.17) is 5.73 Å². The van der Waals surface area contributed by atoms with Gasteiger partial charge in [0.25, 0.3) is 0 Å². The molecule has 0 bridgehead atoms. The summed E-state index contributed by atoms with van der Waals surface area (Å²) in [5.74, 6) is 0. The molecule has 6 heavy (non-hydrogen) atoms. The van der Waals surface area contributed by atoms with Gasteiger partial charge in [-0.05, 0) is 19.1 Å². The van der Waals surface area contributed by atoms with Gasteiger partial charge in [-0.2, -0.15) is 0 Å². The fourth-order valence-corrected chi connectivity index (χ4v) is 0.354. The van der Waals surface area contributed by atoms with Crippen LogP contribution in [0.4, 0.5) is 0 Å². The van der Waals surface area contributed by atoms with E-state index >= 15 is 0 Å². The van der Waals surface area contributed by atoms with Crippen LogP contribution in [0.5, 0.6) is 0 Å².